The van der Waals surface area contributed by atoms with Crippen molar-refractivity contribution in [3.05, 3.63) is 29.6 Å². The molecule has 0 amide bonds. The van der Waals surface area contributed by atoms with Gasteiger partial charge in [-0.3, -0.25) is 0 Å². The fraction of sp³-hybridized carbons (Fsp3) is 0.462. The van der Waals surface area contributed by atoms with Gasteiger partial charge in [0, 0.05) is 18.2 Å². The number of nitriles is 1. The van der Waals surface area contributed by atoms with Crippen LogP contribution < -0.4 is 5.32 Å². The van der Waals surface area contributed by atoms with Crippen LogP contribution in [0.2, 0.25) is 0 Å². The number of nitrogens with zero attached hydrogens (tertiary/aromatic N) is 1. The van der Waals surface area contributed by atoms with Gasteiger partial charge in [-0.2, -0.15) is 5.26 Å². The maximum atomic E-state index is 13.1. The first-order valence-electron chi connectivity index (χ1n) is 5.49. The molecule has 0 fully saturated rings. The molecule has 1 rings (SSSR count). The molecule has 3 nitrogen and oxygen atoms in total. The van der Waals surface area contributed by atoms with Gasteiger partial charge in [-0.05, 0) is 39.0 Å². The average molecular weight is 236 g/mol. The number of phenolic OH excluding ortho intramolecular Hbond substituents is 1. The van der Waals surface area contributed by atoms with Crippen LogP contribution in [0.5, 0.6) is 5.75 Å². The molecule has 1 aromatic rings. The maximum absolute atomic E-state index is 13.1. The normalized spacial score (nSPS) is 13.1. The molecule has 1 unspecified atom stereocenters. The first kappa shape index (κ1) is 13.5. The summed E-state index contributed by atoms with van der Waals surface area (Å²) in [6, 6.07) is 5.81. The molecule has 0 aromatic heterocycles. The molecule has 1 aromatic carbocycles. The van der Waals surface area contributed by atoms with Crippen LogP contribution in [-0.2, 0) is 0 Å². The monoisotopic (exact) mass is 236 g/mol. The van der Waals surface area contributed by atoms with Gasteiger partial charge in [0.1, 0.15) is 11.6 Å². The van der Waals surface area contributed by atoms with E-state index in [-0.39, 0.29) is 17.6 Å². The summed E-state index contributed by atoms with van der Waals surface area (Å²) in [5.74, 6) is -0.327. The number of halogens is 1. The quantitative estimate of drug-likeness (QED) is 0.845. The molecular weight excluding hydrogens is 219 g/mol. The third kappa shape index (κ3) is 3.72. The summed E-state index contributed by atoms with van der Waals surface area (Å²) in [5, 5.41) is 21.6. The van der Waals surface area contributed by atoms with Crippen LogP contribution in [0.15, 0.2) is 18.2 Å². The van der Waals surface area contributed by atoms with E-state index in [4.69, 9.17) is 5.26 Å². The fourth-order valence-electron chi connectivity index (χ4n) is 1.43. The minimum absolute atomic E-state index is 0.0566. The van der Waals surface area contributed by atoms with Crippen molar-refractivity contribution in [3.8, 4) is 11.8 Å². The zero-order chi connectivity index (χ0) is 13.1. The molecule has 1 atom stereocenters. The Morgan fingerprint density at radius 1 is 1.53 bits per heavy atom. The summed E-state index contributed by atoms with van der Waals surface area (Å²) in [6.45, 7) is 5.93. The highest BCUT2D eigenvalue weighted by Gasteiger charge is 2.19. The van der Waals surface area contributed by atoms with E-state index >= 15 is 0 Å². The summed E-state index contributed by atoms with van der Waals surface area (Å²) >= 11 is 0. The lowest BCUT2D eigenvalue weighted by Gasteiger charge is -2.21. The summed E-state index contributed by atoms with van der Waals surface area (Å²) in [6.07, 6.45) is 0. The van der Waals surface area contributed by atoms with Crippen LogP contribution in [0, 0.1) is 22.6 Å². The van der Waals surface area contributed by atoms with Crippen LogP contribution in [-0.4, -0.2) is 11.7 Å². The third-order valence-electron chi connectivity index (χ3n) is 2.61. The summed E-state index contributed by atoms with van der Waals surface area (Å²) in [7, 11) is 0. The van der Waals surface area contributed by atoms with Gasteiger partial charge in [0.15, 0.2) is 0 Å². The highest BCUT2D eigenvalue weighted by Crippen LogP contribution is 2.25. The topological polar surface area (TPSA) is 56.0 Å². The van der Waals surface area contributed by atoms with Crippen LogP contribution in [0.3, 0.4) is 0 Å². The van der Waals surface area contributed by atoms with Gasteiger partial charge < -0.3 is 10.4 Å². The minimum atomic E-state index is -0.489. The number of hydrogen-bond acceptors (Lipinski definition) is 3. The van der Waals surface area contributed by atoms with Crippen molar-refractivity contribution in [3.63, 3.8) is 0 Å². The fourth-order valence-corrected chi connectivity index (χ4v) is 1.43. The Labute approximate surface area is 101 Å². The predicted octanol–water partition coefficient (Wildman–Crippen LogP) is 2.73. The van der Waals surface area contributed by atoms with E-state index in [1.54, 1.807) is 0 Å². The van der Waals surface area contributed by atoms with Gasteiger partial charge in [0.25, 0.3) is 0 Å². The van der Waals surface area contributed by atoms with Crippen molar-refractivity contribution >= 4 is 0 Å². The first-order chi connectivity index (χ1) is 7.85. The van der Waals surface area contributed by atoms with Gasteiger partial charge in [0.2, 0.25) is 0 Å². The molecule has 92 valence electrons. The van der Waals surface area contributed by atoms with Crippen LogP contribution in [0.25, 0.3) is 0 Å². The number of benzene rings is 1. The number of nitrogens with one attached hydrogen (secondary N) is 1. The molecule has 0 spiro atoms. The third-order valence-corrected chi connectivity index (χ3v) is 2.61. The standard InChI is InChI=1S/C13H17FN2O/c1-9(16-8-13(2,3)7-15)11-6-10(14)4-5-12(11)17/h4-6,9,16-17H,8H2,1-3H3. The Bertz CT molecular complexity index is 438. The van der Waals surface area contributed by atoms with Crippen molar-refractivity contribution in [2.75, 3.05) is 6.54 Å². The predicted molar refractivity (Wildman–Crippen MR) is 63.9 cm³/mol. The second-order valence-electron chi connectivity index (χ2n) is 4.80. The lowest BCUT2D eigenvalue weighted by Crippen LogP contribution is -2.30. The largest absolute Gasteiger partial charge is 0.508 e. The second kappa shape index (κ2) is 5.15. The number of aromatic hydroxyl groups is 1. The molecule has 0 bridgehead atoms. The van der Waals surface area contributed by atoms with E-state index in [9.17, 15) is 9.50 Å². The van der Waals surface area contributed by atoms with E-state index in [2.05, 4.69) is 11.4 Å². The Morgan fingerprint density at radius 2 is 2.18 bits per heavy atom. The number of phenols is 1. The van der Waals surface area contributed by atoms with Crippen molar-refractivity contribution < 1.29 is 9.50 Å². The molecule has 0 radical (unpaired) electrons. The molecule has 0 heterocycles. The van der Waals surface area contributed by atoms with Crippen molar-refractivity contribution in [2.45, 2.75) is 26.8 Å². The Hall–Kier alpha value is -1.60. The second-order valence-corrected chi connectivity index (χ2v) is 4.80. The van der Waals surface area contributed by atoms with E-state index in [1.165, 1.54) is 18.2 Å². The van der Waals surface area contributed by atoms with E-state index in [0.29, 0.717) is 12.1 Å². The summed E-state index contributed by atoms with van der Waals surface area (Å²) in [4.78, 5) is 0. The van der Waals surface area contributed by atoms with Gasteiger partial charge in [0.05, 0.1) is 11.5 Å². The molecule has 0 aliphatic heterocycles. The smallest absolute Gasteiger partial charge is 0.123 e. The first-order valence-corrected chi connectivity index (χ1v) is 5.49. The highest BCUT2D eigenvalue weighted by molar-refractivity contribution is 5.34. The highest BCUT2D eigenvalue weighted by atomic mass is 19.1. The van der Waals surface area contributed by atoms with E-state index < -0.39 is 5.41 Å². The van der Waals surface area contributed by atoms with E-state index in [0.717, 1.165) is 0 Å². The SMILES string of the molecule is CC(NCC(C)(C)C#N)c1cc(F)ccc1O. The molecule has 2 N–H and O–H groups in total. The van der Waals surface area contributed by atoms with E-state index in [1.807, 2.05) is 20.8 Å². The van der Waals surface area contributed by atoms with Gasteiger partial charge >= 0.3 is 0 Å². The molecule has 0 aliphatic carbocycles. The Balaban J connectivity index is 2.74. The number of rotatable bonds is 4. The van der Waals surface area contributed by atoms with Crippen molar-refractivity contribution in [1.29, 1.82) is 5.26 Å². The lowest BCUT2D eigenvalue weighted by molar-refractivity contribution is 0.401. The zero-order valence-electron chi connectivity index (χ0n) is 10.3. The molecular formula is C13H17FN2O. The van der Waals surface area contributed by atoms with Crippen LogP contribution in [0.4, 0.5) is 4.39 Å². The molecule has 17 heavy (non-hydrogen) atoms. The van der Waals surface area contributed by atoms with Gasteiger partial charge in [-0.15, -0.1) is 0 Å². The lowest BCUT2D eigenvalue weighted by atomic mass is 9.95. The van der Waals surface area contributed by atoms with Crippen LogP contribution >= 0.6 is 0 Å². The summed E-state index contributed by atoms with van der Waals surface area (Å²) in [5.41, 5.74) is 0.00995. The molecule has 0 saturated carbocycles. The van der Waals surface area contributed by atoms with Crippen molar-refractivity contribution in [2.24, 2.45) is 5.41 Å². The zero-order valence-corrected chi connectivity index (χ0v) is 10.3. The maximum Gasteiger partial charge on any atom is 0.123 e. The molecule has 0 saturated heterocycles. The summed E-state index contributed by atoms with van der Waals surface area (Å²) < 4.78 is 13.1. The number of hydrogen-bond donors (Lipinski definition) is 2. The molecule has 4 heteroatoms. The minimum Gasteiger partial charge on any atom is -0.508 e. The van der Waals surface area contributed by atoms with Gasteiger partial charge in [-0.25, -0.2) is 4.39 Å². The van der Waals surface area contributed by atoms with Crippen molar-refractivity contribution in [1.82, 2.24) is 5.32 Å². The van der Waals surface area contributed by atoms with Crippen LogP contribution in [0.1, 0.15) is 32.4 Å². The molecule has 0 aliphatic rings. The Morgan fingerprint density at radius 3 is 2.76 bits per heavy atom. The van der Waals surface area contributed by atoms with Gasteiger partial charge in [-0.1, -0.05) is 0 Å². The Kier molecular flexibility index (Phi) is 4.08. The average Bonchev–Trinajstić information content (AvgIpc) is 2.29.